The lowest BCUT2D eigenvalue weighted by Gasteiger charge is -2.12. The molecule has 22 heavy (non-hydrogen) atoms. The molecule has 0 spiro atoms. The van der Waals surface area contributed by atoms with Crippen molar-refractivity contribution in [3.8, 4) is 0 Å². The summed E-state index contributed by atoms with van der Waals surface area (Å²) in [6, 6.07) is 4.93. The van der Waals surface area contributed by atoms with Gasteiger partial charge in [0.1, 0.15) is 0 Å². The topological polar surface area (TPSA) is 0 Å². The van der Waals surface area contributed by atoms with Gasteiger partial charge >= 0.3 is 0 Å². The summed E-state index contributed by atoms with van der Waals surface area (Å²) in [6.07, 6.45) is 16.3. The molecule has 0 heterocycles. The maximum absolute atomic E-state index is 2.47. The minimum Gasteiger partial charge on any atom is -0.0654 e. The number of benzene rings is 1. The molecule has 1 aromatic carbocycles. The highest BCUT2D eigenvalue weighted by atomic mass is 14.1. The van der Waals surface area contributed by atoms with Gasteiger partial charge in [-0.2, -0.15) is 0 Å². The highest BCUT2D eigenvalue weighted by Crippen LogP contribution is 2.20. The Balaban J connectivity index is 2.40. The van der Waals surface area contributed by atoms with Gasteiger partial charge in [0, 0.05) is 0 Å². The standard InChI is InChI=1S/C22H38/c1-5-7-9-11-12-14-16-22-18-19(3)21(17-20(22)4)15-13-10-8-6-2/h17-18H,5-16H2,1-4H3. The van der Waals surface area contributed by atoms with Crippen LogP contribution >= 0.6 is 0 Å². The first kappa shape index (κ1) is 19.3. The molecular formula is C22H38. The number of unbranched alkanes of at least 4 members (excludes halogenated alkanes) is 8. The third-order valence-corrected chi connectivity index (χ3v) is 4.89. The van der Waals surface area contributed by atoms with E-state index in [2.05, 4.69) is 39.8 Å². The minimum absolute atomic E-state index is 1.27. The molecule has 0 atom stereocenters. The molecule has 0 amide bonds. The van der Waals surface area contributed by atoms with E-state index < -0.39 is 0 Å². The Hall–Kier alpha value is -0.780. The molecule has 126 valence electrons. The van der Waals surface area contributed by atoms with Gasteiger partial charge < -0.3 is 0 Å². The zero-order chi connectivity index (χ0) is 16.2. The van der Waals surface area contributed by atoms with E-state index in [1.54, 1.807) is 11.1 Å². The fourth-order valence-corrected chi connectivity index (χ4v) is 3.31. The minimum atomic E-state index is 1.27. The van der Waals surface area contributed by atoms with Crippen molar-refractivity contribution in [2.45, 2.75) is 105 Å². The predicted molar refractivity (Wildman–Crippen MR) is 101 cm³/mol. The van der Waals surface area contributed by atoms with Crippen molar-refractivity contribution in [1.29, 1.82) is 0 Å². The molecule has 0 nitrogen and oxygen atoms in total. The van der Waals surface area contributed by atoms with Crippen LogP contribution in [0.1, 0.15) is 100 Å². The molecule has 0 aromatic heterocycles. The van der Waals surface area contributed by atoms with E-state index in [-0.39, 0.29) is 0 Å². The lowest BCUT2D eigenvalue weighted by Crippen LogP contribution is -1.97. The van der Waals surface area contributed by atoms with E-state index in [1.807, 2.05) is 0 Å². The molecule has 0 aliphatic heterocycles. The summed E-state index contributed by atoms with van der Waals surface area (Å²) in [5.41, 5.74) is 6.21. The second-order valence-corrected chi connectivity index (χ2v) is 7.03. The lowest BCUT2D eigenvalue weighted by atomic mass is 9.93. The summed E-state index contributed by atoms with van der Waals surface area (Å²) in [7, 11) is 0. The zero-order valence-corrected chi connectivity index (χ0v) is 15.6. The van der Waals surface area contributed by atoms with Gasteiger partial charge in [0.2, 0.25) is 0 Å². The maximum Gasteiger partial charge on any atom is -0.0276 e. The third kappa shape index (κ3) is 7.47. The first-order valence-corrected chi connectivity index (χ1v) is 9.78. The summed E-state index contributed by atoms with van der Waals surface area (Å²) < 4.78 is 0. The molecule has 0 heteroatoms. The van der Waals surface area contributed by atoms with Crippen LogP contribution in [0.15, 0.2) is 12.1 Å². The van der Waals surface area contributed by atoms with Crippen LogP contribution < -0.4 is 0 Å². The molecule has 1 aromatic rings. The van der Waals surface area contributed by atoms with Crippen LogP contribution in [0.4, 0.5) is 0 Å². The number of rotatable bonds is 12. The smallest absolute Gasteiger partial charge is 0.0276 e. The fraction of sp³-hybridized carbons (Fsp3) is 0.727. The Morgan fingerprint density at radius 1 is 0.545 bits per heavy atom. The van der Waals surface area contributed by atoms with Gasteiger partial charge in [0.25, 0.3) is 0 Å². The van der Waals surface area contributed by atoms with Crippen molar-refractivity contribution in [3.05, 3.63) is 34.4 Å². The first-order chi connectivity index (χ1) is 10.7. The molecule has 0 fully saturated rings. The molecule has 0 aliphatic rings. The average molecular weight is 303 g/mol. The van der Waals surface area contributed by atoms with Crippen LogP contribution in [0.2, 0.25) is 0 Å². The van der Waals surface area contributed by atoms with Crippen LogP contribution in [-0.4, -0.2) is 0 Å². The number of hydrogen-bond acceptors (Lipinski definition) is 0. The highest BCUT2D eigenvalue weighted by Gasteiger charge is 2.05. The number of hydrogen-bond donors (Lipinski definition) is 0. The van der Waals surface area contributed by atoms with Gasteiger partial charge in [-0.25, -0.2) is 0 Å². The van der Waals surface area contributed by atoms with Crippen molar-refractivity contribution >= 4 is 0 Å². The van der Waals surface area contributed by atoms with Crippen molar-refractivity contribution < 1.29 is 0 Å². The fourth-order valence-electron chi connectivity index (χ4n) is 3.31. The van der Waals surface area contributed by atoms with E-state index in [1.165, 1.54) is 88.2 Å². The highest BCUT2D eigenvalue weighted by molar-refractivity contribution is 5.37. The molecular weight excluding hydrogens is 264 g/mol. The van der Waals surface area contributed by atoms with Crippen LogP contribution in [-0.2, 0) is 12.8 Å². The van der Waals surface area contributed by atoms with E-state index in [9.17, 15) is 0 Å². The normalized spacial score (nSPS) is 11.1. The molecule has 0 bridgehead atoms. The van der Waals surface area contributed by atoms with Gasteiger partial charge in [-0.1, -0.05) is 77.3 Å². The summed E-state index contributed by atoms with van der Waals surface area (Å²) in [5.74, 6) is 0. The Labute approximate surface area is 139 Å². The van der Waals surface area contributed by atoms with E-state index >= 15 is 0 Å². The zero-order valence-electron chi connectivity index (χ0n) is 15.6. The van der Waals surface area contributed by atoms with Crippen LogP contribution in [0.3, 0.4) is 0 Å². The lowest BCUT2D eigenvalue weighted by molar-refractivity contribution is 0.607. The molecule has 0 saturated heterocycles. The SMILES string of the molecule is CCCCCCCCc1cc(C)c(CCCCCC)cc1C. The van der Waals surface area contributed by atoms with Crippen molar-refractivity contribution in [3.63, 3.8) is 0 Å². The summed E-state index contributed by atoms with van der Waals surface area (Å²) >= 11 is 0. The predicted octanol–water partition coefficient (Wildman–Crippen LogP) is 7.33. The Morgan fingerprint density at radius 2 is 0.909 bits per heavy atom. The second kappa shape index (κ2) is 11.7. The van der Waals surface area contributed by atoms with Gasteiger partial charge in [-0.05, 0) is 61.8 Å². The van der Waals surface area contributed by atoms with E-state index in [4.69, 9.17) is 0 Å². The van der Waals surface area contributed by atoms with Gasteiger partial charge in [0.15, 0.2) is 0 Å². The Bertz CT molecular complexity index is 403. The van der Waals surface area contributed by atoms with E-state index in [0.29, 0.717) is 0 Å². The summed E-state index contributed by atoms with van der Waals surface area (Å²) in [4.78, 5) is 0. The third-order valence-electron chi connectivity index (χ3n) is 4.89. The van der Waals surface area contributed by atoms with Crippen LogP contribution in [0, 0.1) is 13.8 Å². The molecule has 0 aliphatic carbocycles. The molecule has 0 radical (unpaired) electrons. The largest absolute Gasteiger partial charge is 0.0654 e. The maximum atomic E-state index is 2.47. The first-order valence-electron chi connectivity index (χ1n) is 9.78. The average Bonchev–Trinajstić information content (AvgIpc) is 2.51. The van der Waals surface area contributed by atoms with E-state index in [0.717, 1.165) is 0 Å². The van der Waals surface area contributed by atoms with Crippen LogP contribution in [0.5, 0.6) is 0 Å². The molecule has 0 unspecified atom stereocenters. The van der Waals surface area contributed by atoms with Gasteiger partial charge in [-0.15, -0.1) is 0 Å². The Kier molecular flexibility index (Phi) is 10.3. The second-order valence-electron chi connectivity index (χ2n) is 7.03. The van der Waals surface area contributed by atoms with Crippen molar-refractivity contribution in [2.24, 2.45) is 0 Å². The monoisotopic (exact) mass is 302 g/mol. The van der Waals surface area contributed by atoms with Gasteiger partial charge in [0.05, 0.1) is 0 Å². The van der Waals surface area contributed by atoms with Crippen molar-refractivity contribution in [1.82, 2.24) is 0 Å². The van der Waals surface area contributed by atoms with Crippen LogP contribution in [0.25, 0.3) is 0 Å². The Morgan fingerprint density at radius 3 is 1.36 bits per heavy atom. The molecule has 1 rings (SSSR count). The summed E-state index contributed by atoms with van der Waals surface area (Å²) in [6.45, 7) is 9.18. The molecule has 0 N–H and O–H groups in total. The van der Waals surface area contributed by atoms with Gasteiger partial charge in [-0.3, -0.25) is 0 Å². The van der Waals surface area contributed by atoms with Crippen molar-refractivity contribution in [2.75, 3.05) is 0 Å². The number of aryl methyl sites for hydroxylation is 4. The molecule has 0 saturated carbocycles. The summed E-state index contributed by atoms with van der Waals surface area (Å²) in [5, 5.41) is 0. The quantitative estimate of drug-likeness (QED) is 0.354.